The van der Waals surface area contributed by atoms with Crippen LogP contribution in [-0.4, -0.2) is 81.4 Å². The molecule has 3 aliphatic heterocycles. The molecule has 3 fully saturated rings. The van der Waals surface area contributed by atoms with Crippen LogP contribution >= 0.6 is 27.5 Å². The molecule has 6 atom stereocenters. The van der Waals surface area contributed by atoms with Crippen molar-refractivity contribution in [1.29, 1.82) is 0 Å². The van der Waals surface area contributed by atoms with Crippen molar-refractivity contribution in [2.24, 2.45) is 11.8 Å². The standard InChI is InChI=1S/C31H33BrClN3O5/c1-3-14-34(19-20-8-6-5-7-9-20)28(38)24-25-29(39)36(16-17-37)27(31(25)18-23(32)26(24)41-31)30(40)35(15-4-2)22-12-10-21(33)11-13-22/h3-13,23-27,37H,1-2,14-19H2/t23?,24-,25+,26-,27?,31?/m1/s1. The third kappa shape index (κ3) is 5.14. The number of nitrogens with zero attached hydrogens (tertiary/aromatic N) is 3. The lowest BCUT2D eigenvalue weighted by atomic mass is 9.70. The fourth-order valence-electron chi connectivity index (χ4n) is 6.66. The number of rotatable bonds is 11. The molecule has 0 radical (unpaired) electrons. The van der Waals surface area contributed by atoms with Gasteiger partial charge in [0.15, 0.2) is 0 Å². The molecule has 3 heterocycles. The second-order valence-corrected chi connectivity index (χ2v) is 12.2. The van der Waals surface area contributed by atoms with Gasteiger partial charge in [0.25, 0.3) is 5.91 Å². The van der Waals surface area contributed by atoms with Crippen molar-refractivity contribution < 1.29 is 24.2 Å². The van der Waals surface area contributed by atoms with E-state index >= 15 is 0 Å². The molecule has 0 saturated carbocycles. The van der Waals surface area contributed by atoms with E-state index in [9.17, 15) is 19.5 Å². The minimum absolute atomic E-state index is 0.0572. The second-order valence-electron chi connectivity index (χ2n) is 10.6. The van der Waals surface area contributed by atoms with Gasteiger partial charge in [-0.15, -0.1) is 13.2 Å². The summed E-state index contributed by atoms with van der Waals surface area (Å²) in [4.78, 5) is 47.1. The zero-order valence-electron chi connectivity index (χ0n) is 22.6. The molecule has 10 heteroatoms. The number of carbonyl (C=O) groups is 3. The quantitative estimate of drug-likeness (QED) is 0.298. The zero-order valence-corrected chi connectivity index (χ0v) is 24.9. The molecular weight excluding hydrogens is 610 g/mol. The van der Waals surface area contributed by atoms with Crippen LogP contribution in [0.2, 0.25) is 5.02 Å². The molecule has 2 aromatic carbocycles. The summed E-state index contributed by atoms with van der Waals surface area (Å²) in [6.45, 7) is 8.09. The number of benzene rings is 2. The summed E-state index contributed by atoms with van der Waals surface area (Å²) < 4.78 is 6.61. The Kier molecular flexibility index (Phi) is 8.70. The number of hydrogen-bond donors (Lipinski definition) is 1. The molecule has 0 aliphatic carbocycles. The van der Waals surface area contributed by atoms with Crippen LogP contribution in [0.1, 0.15) is 12.0 Å². The normalized spacial score (nSPS) is 27.9. The SMILES string of the molecule is C=CCN(Cc1ccccc1)C(=O)[C@H]1[C@@H]2OC3(CC2Br)C(C(=O)N(CC=C)c2ccc(Cl)cc2)N(CCO)C(=O)[C@H]13. The number of fused-ring (bicyclic) bond motifs is 1. The average Bonchev–Trinajstić information content (AvgIpc) is 3.55. The number of amides is 3. The number of alkyl halides is 1. The van der Waals surface area contributed by atoms with Crippen LogP contribution < -0.4 is 4.90 Å². The average molecular weight is 643 g/mol. The van der Waals surface area contributed by atoms with Gasteiger partial charge in [-0.1, -0.05) is 70.0 Å². The molecule has 3 unspecified atom stereocenters. The van der Waals surface area contributed by atoms with E-state index in [1.165, 1.54) is 9.80 Å². The van der Waals surface area contributed by atoms with Crippen LogP contribution in [0.4, 0.5) is 5.69 Å². The van der Waals surface area contributed by atoms with Crippen molar-refractivity contribution in [2.45, 2.75) is 35.5 Å². The van der Waals surface area contributed by atoms with Crippen LogP contribution in [0.25, 0.3) is 0 Å². The van der Waals surface area contributed by atoms with Gasteiger partial charge in [0.2, 0.25) is 11.8 Å². The maximum absolute atomic E-state index is 14.4. The Hall–Kier alpha value is -2.98. The number of halogens is 2. The number of ether oxygens (including phenoxy) is 1. The Bertz CT molecular complexity index is 1320. The topological polar surface area (TPSA) is 90.4 Å². The highest BCUT2D eigenvalue weighted by molar-refractivity contribution is 9.09. The number of likely N-dealkylation sites (tertiary alicyclic amines) is 1. The maximum atomic E-state index is 14.4. The van der Waals surface area contributed by atoms with Crippen molar-refractivity contribution in [1.82, 2.24) is 9.80 Å². The lowest BCUT2D eigenvalue weighted by Gasteiger charge is -2.37. The van der Waals surface area contributed by atoms with Gasteiger partial charge in [-0.05, 0) is 36.2 Å². The van der Waals surface area contributed by atoms with Gasteiger partial charge < -0.3 is 24.5 Å². The summed E-state index contributed by atoms with van der Waals surface area (Å²) in [7, 11) is 0. The molecule has 3 aliphatic rings. The van der Waals surface area contributed by atoms with E-state index in [1.54, 1.807) is 41.3 Å². The van der Waals surface area contributed by atoms with Gasteiger partial charge in [0, 0.05) is 41.7 Å². The van der Waals surface area contributed by atoms with Crippen LogP contribution in [-0.2, 0) is 25.7 Å². The molecule has 2 bridgehead atoms. The van der Waals surface area contributed by atoms with Crippen molar-refractivity contribution in [2.75, 3.05) is 31.1 Å². The Morgan fingerprint density at radius 2 is 1.78 bits per heavy atom. The summed E-state index contributed by atoms with van der Waals surface area (Å²) in [6.07, 6.45) is 3.06. The predicted octanol–water partition coefficient (Wildman–Crippen LogP) is 3.81. The van der Waals surface area contributed by atoms with E-state index in [0.29, 0.717) is 30.2 Å². The highest BCUT2D eigenvalue weighted by Crippen LogP contribution is 2.60. The number of carbonyl (C=O) groups excluding carboxylic acids is 3. The van der Waals surface area contributed by atoms with Gasteiger partial charge in [-0.2, -0.15) is 0 Å². The van der Waals surface area contributed by atoms with E-state index in [1.807, 2.05) is 30.3 Å². The summed E-state index contributed by atoms with van der Waals surface area (Å²) in [5.74, 6) is -2.61. The number of hydrogen-bond acceptors (Lipinski definition) is 5. The van der Waals surface area contributed by atoms with Crippen LogP contribution in [0.15, 0.2) is 79.9 Å². The first-order valence-electron chi connectivity index (χ1n) is 13.6. The Balaban J connectivity index is 1.53. The predicted molar refractivity (Wildman–Crippen MR) is 161 cm³/mol. The second kappa shape index (κ2) is 12.1. The molecule has 216 valence electrons. The summed E-state index contributed by atoms with van der Waals surface area (Å²) in [5.41, 5.74) is 0.305. The molecular formula is C31H33BrClN3O5. The first-order valence-corrected chi connectivity index (χ1v) is 14.9. The largest absolute Gasteiger partial charge is 0.395 e. The maximum Gasteiger partial charge on any atom is 0.253 e. The van der Waals surface area contributed by atoms with Gasteiger partial charge in [-0.25, -0.2) is 0 Å². The summed E-state index contributed by atoms with van der Waals surface area (Å²) >= 11 is 9.81. The Labute approximate surface area is 253 Å². The van der Waals surface area contributed by atoms with E-state index in [4.69, 9.17) is 16.3 Å². The minimum Gasteiger partial charge on any atom is -0.395 e. The molecule has 1 spiro atoms. The number of anilines is 1. The van der Waals surface area contributed by atoms with Crippen LogP contribution in [0.5, 0.6) is 0 Å². The molecule has 2 aromatic rings. The Morgan fingerprint density at radius 3 is 2.41 bits per heavy atom. The highest BCUT2D eigenvalue weighted by atomic mass is 79.9. The van der Waals surface area contributed by atoms with E-state index < -0.39 is 29.6 Å². The monoisotopic (exact) mass is 641 g/mol. The van der Waals surface area contributed by atoms with E-state index in [2.05, 4.69) is 29.1 Å². The van der Waals surface area contributed by atoms with Crippen molar-refractivity contribution in [3.8, 4) is 0 Å². The molecule has 8 nitrogen and oxygen atoms in total. The summed E-state index contributed by atoms with van der Waals surface area (Å²) in [6, 6.07) is 15.4. The minimum atomic E-state index is -1.24. The van der Waals surface area contributed by atoms with Gasteiger partial charge >= 0.3 is 0 Å². The highest BCUT2D eigenvalue weighted by Gasteiger charge is 2.76. The first kappa shape index (κ1) is 29.5. The van der Waals surface area contributed by atoms with Crippen molar-refractivity contribution in [3.05, 3.63) is 90.5 Å². The van der Waals surface area contributed by atoms with Gasteiger partial charge in [-0.3, -0.25) is 14.4 Å². The van der Waals surface area contributed by atoms with E-state index in [0.717, 1.165) is 5.56 Å². The van der Waals surface area contributed by atoms with Crippen molar-refractivity contribution >= 4 is 50.9 Å². The lowest BCUT2D eigenvalue weighted by Crippen LogP contribution is -2.57. The zero-order chi connectivity index (χ0) is 29.3. The molecule has 0 aromatic heterocycles. The first-order chi connectivity index (χ1) is 19.8. The Morgan fingerprint density at radius 1 is 1.10 bits per heavy atom. The van der Waals surface area contributed by atoms with Crippen LogP contribution in [0.3, 0.4) is 0 Å². The smallest absolute Gasteiger partial charge is 0.253 e. The third-order valence-electron chi connectivity index (χ3n) is 8.24. The molecule has 1 N–H and O–H groups in total. The third-order valence-corrected chi connectivity index (χ3v) is 9.34. The molecule has 5 rings (SSSR count). The van der Waals surface area contributed by atoms with Gasteiger partial charge in [0.05, 0.1) is 24.5 Å². The van der Waals surface area contributed by atoms with E-state index in [-0.39, 0.29) is 42.2 Å². The fourth-order valence-corrected chi connectivity index (χ4v) is 7.73. The molecule has 41 heavy (non-hydrogen) atoms. The van der Waals surface area contributed by atoms with Crippen LogP contribution in [0, 0.1) is 11.8 Å². The lowest BCUT2D eigenvalue weighted by molar-refractivity contribution is -0.145. The number of β-amino-alcohol motifs (C(OH)–C–C–N with tert-alkyl or cyclic N) is 1. The van der Waals surface area contributed by atoms with Gasteiger partial charge in [0.1, 0.15) is 11.6 Å². The molecule has 3 saturated heterocycles. The van der Waals surface area contributed by atoms with Crippen molar-refractivity contribution in [3.63, 3.8) is 0 Å². The summed E-state index contributed by atoms with van der Waals surface area (Å²) in [5, 5.41) is 10.5. The number of aliphatic hydroxyl groups is 1. The number of aliphatic hydroxyl groups excluding tert-OH is 1. The fraction of sp³-hybridized carbons (Fsp3) is 0.387. The molecule has 3 amide bonds.